The van der Waals surface area contributed by atoms with Gasteiger partial charge in [0.2, 0.25) is 0 Å². The molecule has 0 heterocycles. The van der Waals surface area contributed by atoms with Crippen molar-refractivity contribution in [2.24, 2.45) is 5.92 Å². The Labute approximate surface area is 106 Å². The standard InChI is InChI=1S/C16H25N/c1-5-17-16-10-9-15(13(16)4)14-8-6-7-11(2)12(14)3/h6-8,13,15-17H,5,9-10H2,1-4H3. The van der Waals surface area contributed by atoms with E-state index in [1.165, 1.54) is 24.0 Å². The third-order valence-corrected chi connectivity index (χ3v) is 4.57. The Bertz CT molecular complexity index is 383. The Morgan fingerprint density at radius 2 is 2.00 bits per heavy atom. The van der Waals surface area contributed by atoms with Gasteiger partial charge >= 0.3 is 0 Å². The molecule has 0 aliphatic heterocycles. The van der Waals surface area contributed by atoms with Gasteiger partial charge < -0.3 is 5.32 Å². The molecular weight excluding hydrogens is 206 g/mol. The number of hydrogen-bond acceptors (Lipinski definition) is 1. The first kappa shape index (κ1) is 12.6. The van der Waals surface area contributed by atoms with Gasteiger partial charge in [-0.15, -0.1) is 0 Å². The summed E-state index contributed by atoms with van der Waals surface area (Å²) < 4.78 is 0. The van der Waals surface area contributed by atoms with Crippen molar-refractivity contribution in [1.82, 2.24) is 5.32 Å². The summed E-state index contributed by atoms with van der Waals surface area (Å²) >= 11 is 0. The van der Waals surface area contributed by atoms with Crippen molar-refractivity contribution in [2.45, 2.75) is 52.5 Å². The molecular formula is C16H25N. The lowest BCUT2D eigenvalue weighted by Gasteiger charge is -2.23. The number of benzene rings is 1. The van der Waals surface area contributed by atoms with Gasteiger partial charge in [0.05, 0.1) is 0 Å². The van der Waals surface area contributed by atoms with Gasteiger partial charge in [0.25, 0.3) is 0 Å². The maximum Gasteiger partial charge on any atom is 0.00986 e. The fourth-order valence-corrected chi connectivity index (χ4v) is 3.33. The summed E-state index contributed by atoms with van der Waals surface area (Å²) in [6, 6.07) is 7.48. The van der Waals surface area contributed by atoms with Crippen molar-refractivity contribution < 1.29 is 0 Å². The molecule has 1 saturated carbocycles. The van der Waals surface area contributed by atoms with Gasteiger partial charge in [-0.05, 0) is 61.8 Å². The molecule has 1 fully saturated rings. The molecule has 1 nitrogen and oxygen atoms in total. The Morgan fingerprint density at radius 1 is 1.24 bits per heavy atom. The minimum absolute atomic E-state index is 0.713. The fourth-order valence-electron chi connectivity index (χ4n) is 3.33. The molecule has 2 rings (SSSR count). The molecule has 0 amide bonds. The Hall–Kier alpha value is -0.820. The van der Waals surface area contributed by atoms with Crippen LogP contribution in [-0.4, -0.2) is 12.6 Å². The van der Waals surface area contributed by atoms with Gasteiger partial charge in [-0.1, -0.05) is 32.0 Å². The van der Waals surface area contributed by atoms with Gasteiger partial charge in [-0.25, -0.2) is 0 Å². The highest BCUT2D eigenvalue weighted by atomic mass is 14.9. The van der Waals surface area contributed by atoms with Crippen molar-refractivity contribution in [3.05, 3.63) is 34.9 Å². The SMILES string of the molecule is CCNC1CCC(c2cccc(C)c2C)C1C. The van der Waals surface area contributed by atoms with E-state index in [2.05, 4.69) is 51.2 Å². The second-order valence-corrected chi connectivity index (χ2v) is 5.50. The molecule has 3 atom stereocenters. The van der Waals surface area contributed by atoms with Crippen LogP contribution in [-0.2, 0) is 0 Å². The first-order valence-electron chi connectivity index (χ1n) is 6.94. The highest BCUT2D eigenvalue weighted by molar-refractivity contribution is 5.36. The molecule has 0 saturated heterocycles. The van der Waals surface area contributed by atoms with Crippen LogP contribution >= 0.6 is 0 Å². The van der Waals surface area contributed by atoms with Gasteiger partial charge in [0, 0.05) is 6.04 Å². The Kier molecular flexibility index (Phi) is 3.88. The molecule has 0 spiro atoms. The van der Waals surface area contributed by atoms with Crippen LogP contribution in [0.3, 0.4) is 0 Å². The maximum absolute atomic E-state index is 3.63. The number of nitrogens with one attached hydrogen (secondary N) is 1. The lowest BCUT2D eigenvalue weighted by molar-refractivity contribution is 0.411. The second kappa shape index (κ2) is 5.22. The summed E-state index contributed by atoms with van der Waals surface area (Å²) in [5.74, 6) is 1.51. The maximum atomic E-state index is 3.63. The van der Waals surface area contributed by atoms with Crippen molar-refractivity contribution in [2.75, 3.05) is 6.54 Å². The minimum Gasteiger partial charge on any atom is -0.314 e. The van der Waals surface area contributed by atoms with Crippen LogP contribution in [0.25, 0.3) is 0 Å². The normalized spacial score (nSPS) is 28.6. The molecule has 1 aromatic rings. The molecule has 17 heavy (non-hydrogen) atoms. The molecule has 1 aromatic carbocycles. The zero-order valence-electron chi connectivity index (χ0n) is 11.6. The average Bonchev–Trinajstić information content (AvgIpc) is 2.66. The van der Waals surface area contributed by atoms with E-state index in [0.29, 0.717) is 6.04 Å². The molecule has 1 heteroatoms. The zero-order chi connectivity index (χ0) is 12.4. The van der Waals surface area contributed by atoms with Crippen molar-refractivity contribution in [3.8, 4) is 0 Å². The van der Waals surface area contributed by atoms with Crippen LogP contribution in [0.1, 0.15) is 49.3 Å². The Morgan fingerprint density at radius 3 is 2.71 bits per heavy atom. The van der Waals surface area contributed by atoms with E-state index in [4.69, 9.17) is 0 Å². The van der Waals surface area contributed by atoms with E-state index in [9.17, 15) is 0 Å². The molecule has 0 bridgehead atoms. The van der Waals surface area contributed by atoms with Crippen molar-refractivity contribution >= 4 is 0 Å². The van der Waals surface area contributed by atoms with E-state index in [1.807, 2.05) is 0 Å². The van der Waals surface area contributed by atoms with Crippen molar-refractivity contribution in [1.29, 1.82) is 0 Å². The lowest BCUT2D eigenvalue weighted by atomic mass is 9.85. The van der Waals surface area contributed by atoms with Crippen LogP contribution < -0.4 is 5.32 Å². The second-order valence-electron chi connectivity index (χ2n) is 5.50. The summed E-state index contributed by atoms with van der Waals surface area (Å²) in [6.45, 7) is 10.2. The number of aryl methyl sites for hydroxylation is 1. The van der Waals surface area contributed by atoms with Gasteiger partial charge in [0.15, 0.2) is 0 Å². The predicted molar refractivity (Wildman–Crippen MR) is 74.5 cm³/mol. The van der Waals surface area contributed by atoms with Crippen LogP contribution in [0.4, 0.5) is 0 Å². The third-order valence-electron chi connectivity index (χ3n) is 4.57. The molecule has 0 radical (unpaired) electrons. The van der Waals surface area contributed by atoms with Gasteiger partial charge in [-0.2, -0.15) is 0 Å². The largest absolute Gasteiger partial charge is 0.314 e. The summed E-state index contributed by atoms with van der Waals surface area (Å²) in [5.41, 5.74) is 4.51. The van der Waals surface area contributed by atoms with Crippen LogP contribution in [0.2, 0.25) is 0 Å². The highest BCUT2D eigenvalue weighted by Gasteiger charge is 2.33. The van der Waals surface area contributed by atoms with E-state index in [-0.39, 0.29) is 0 Å². The first-order valence-corrected chi connectivity index (χ1v) is 6.94. The topological polar surface area (TPSA) is 12.0 Å². The quantitative estimate of drug-likeness (QED) is 0.834. The Balaban J connectivity index is 2.21. The van der Waals surface area contributed by atoms with Crippen LogP contribution in [0, 0.1) is 19.8 Å². The number of hydrogen-bond donors (Lipinski definition) is 1. The molecule has 3 unspecified atom stereocenters. The highest BCUT2D eigenvalue weighted by Crippen LogP contribution is 2.41. The smallest absolute Gasteiger partial charge is 0.00986 e. The summed E-state index contributed by atoms with van der Waals surface area (Å²) in [7, 11) is 0. The summed E-state index contributed by atoms with van der Waals surface area (Å²) in [6.07, 6.45) is 2.66. The van der Waals surface area contributed by atoms with E-state index in [1.54, 1.807) is 5.56 Å². The fraction of sp³-hybridized carbons (Fsp3) is 0.625. The van der Waals surface area contributed by atoms with Gasteiger partial charge in [-0.3, -0.25) is 0 Å². The third kappa shape index (κ3) is 2.40. The monoisotopic (exact) mass is 231 g/mol. The minimum atomic E-state index is 0.713. The van der Waals surface area contributed by atoms with Crippen LogP contribution in [0.15, 0.2) is 18.2 Å². The summed E-state index contributed by atoms with van der Waals surface area (Å²) in [4.78, 5) is 0. The molecule has 0 aromatic heterocycles. The van der Waals surface area contributed by atoms with Crippen molar-refractivity contribution in [3.63, 3.8) is 0 Å². The average molecular weight is 231 g/mol. The predicted octanol–water partition coefficient (Wildman–Crippen LogP) is 3.80. The zero-order valence-corrected chi connectivity index (χ0v) is 11.6. The molecule has 94 valence electrons. The van der Waals surface area contributed by atoms with E-state index < -0.39 is 0 Å². The molecule has 1 N–H and O–H groups in total. The summed E-state index contributed by atoms with van der Waals surface area (Å²) in [5, 5.41) is 3.63. The molecule has 1 aliphatic rings. The number of rotatable bonds is 3. The molecule has 1 aliphatic carbocycles. The van der Waals surface area contributed by atoms with Crippen LogP contribution in [0.5, 0.6) is 0 Å². The van der Waals surface area contributed by atoms with E-state index >= 15 is 0 Å². The first-order chi connectivity index (χ1) is 8.15. The van der Waals surface area contributed by atoms with Gasteiger partial charge in [0.1, 0.15) is 0 Å². The van der Waals surface area contributed by atoms with E-state index in [0.717, 1.165) is 18.4 Å². The lowest BCUT2D eigenvalue weighted by Crippen LogP contribution is -2.32.